The van der Waals surface area contributed by atoms with Crippen molar-refractivity contribution in [2.45, 2.75) is 219 Å². The van der Waals surface area contributed by atoms with Gasteiger partial charge in [0, 0.05) is 12.8 Å². The van der Waals surface area contributed by atoms with Crippen molar-refractivity contribution in [2.24, 2.45) is 0 Å². The van der Waals surface area contributed by atoms with E-state index < -0.39 is 24.5 Å². The third kappa shape index (κ3) is 41.1. The third-order valence-corrected chi connectivity index (χ3v) is 10.3. The SMILES string of the molecule is CC/C=C\C/C=C\C/C=C\C/C=C\C/C=C\CCCCCCCCCC(=O)OC(CCCCCCCCCC)CCCCCCCC(=O)NCC(=O)NC(CO)C(=O)O. The Bertz CT molecular complexity index is 1180. The zero-order valence-corrected chi connectivity index (χ0v) is 37.5. The monoisotopic (exact) mass is 827 g/mol. The van der Waals surface area contributed by atoms with Gasteiger partial charge in [0.15, 0.2) is 0 Å². The second-order valence-electron chi connectivity index (χ2n) is 15.8. The summed E-state index contributed by atoms with van der Waals surface area (Å²) in [6.07, 6.45) is 54.0. The number of unbranched alkanes of at least 4 members (excludes halogenated alkanes) is 18. The summed E-state index contributed by atoms with van der Waals surface area (Å²) in [5, 5.41) is 22.6. The molecule has 0 aromatic rings. The number of hydrogen-bond donors (Lipinski definition) is 4. The molecule has 0 aliphatic carbocycles. The van der Waals surface area contributed by atoms with E-state index in [0.29, 0.717) is 19.3 Å². The number of carbonyl (C=O) groups is 4. The van der Waals surface area contributed by atoms with Gasteiger partial charge in [-0.3, -0.25) is 14.4 Å². The lowest BCUT2D eigenvalue weighted by Gasteiger charge is -2.18. The lowest BCUT2D eigenvalue weighted by Crippen LogP contribution is -2.47. The highest BCUT2D eigenvalue weighted by atomic mass is 16.5. The van der Waals surface area contributed by atoms with Crippen LogP contribution in [0.3, 0.4) is 0 Å². The molecule has 4 N–H and O–H groups in total. The first-order chi connectivity index (χ1) is 28.8. The molecule has 0 aliphatic heterocycles. The molecule has 0 aromatic heterocycles. The van der Waals surface area contributed by atoms with Crippen LogP contribution in [0.4, 0.5) is 0 Å². The Balaban J connectivity index is 4.15. The maximum absolute atomic E-state index is 12.8. The van der Waals surface area contributed by atoms with Crippen LogP contribution in [0.15, 0.2) is 60.8 Å². The number of ether oxygens (including phenoxy) is 1. The fraction of sp³-hybridized carbons (Fsp3) is 0.720. The first-order valence-electron chi connectivity index (χ1n) is 23.7. The fourth-order valence-corrected chi connectivity index (χ4v) is 6.68. The zero-order chi connectivity index (χ0) is 43.3. The number of carbonyl (C=O) groups excluding carboxylic acids is 3. The van der Waals surface area contributed by atoms with Gasteiger partial charge in [-0.05, 0) is 83.5 Å². The normalized spacial score (nSPS) is 13.0. The van der Waals surface area contributed by atoms with E-state index in [1.165, 1.54) is 77.0 Å². The van der Waals surface area contributed by atoms with E-state index in [9.17, 15) is 19.2 Å². The van der Waals surface area contributed by atoms with Crippen molar-refractivity contribution < 1.29 is 34.1 Å². The van der Waals surface area contributed by atoms with Gasteiger partial charge in [0.25, 0.3) is 0 Å². The summed E-state index contributed by atoms with van der Waals surface area (Å²) in [7, 11) is 0. The Morgan fingerprint density at radius 2 is 0.966 bits per heavy atom. The Kier molecular flexibility index (Phi) is 41.5. The molecule has 0 bridgehead atoms. The van der Waals surface area contributed by atoms with E-state index >= 15 is 0 Å². The summed E-state index contributed by atoms with van der Waals surface area (Å²) >= 11 is 0. The van der Waals surface area contributed by atoms with Crippen molar-refractivity contribution in [3.63, 3.8) is 0 Å². The summed E-state index contributed by atoms with van der Waals surface area (Å²) in [6, 6.07) is -1.38. The van der Waals surface area contributed by atoms with E-state index in [0.717, 1.165) is 96.3 Å². The molecule has 2 unspecified atom stereocenters. The van der Waals surface area contributed by atoms with Gasteiger partial charge in [-0.25, -0.2) is 4.79 Å². The maximum atomic E-state index is 12.8. The molecule has 0 rings (SSSR count). The molecule has 2 atom stereocenters. The fourth-order valence-electron chi connectivity index (χ4n) is 6.68. The standard InChI is InChI=1S/C50H86N2O7/c1-3-5-7-9-11-13-14-15-16-17-18-19-20-21-22-23-24-25-26-27-29-34-38-42-49(56)59-45(39-35-31-28-12-10-8-6-4-2)40-36-32-30-33-37-41-47(54)51-43-48(55)52-46(44-53)50(57)58/h5,7,11,13,15-16,18-19,21-22,45-46,53H,3-4,6,8-10,12,14,17,20,23-44H2,1-2H3,(H,51,54)(H,52,55)(H,57,58)/b7-5-,13-11-,16-15-,19-18-,22-21-. The second kappa shape index (κ2) is 44.1. The van der Waals surface area contributed by atoms with Crippen LogP contribution in [0, 0.1) is 0 Å². The largest absolute Gasteiger partial charge is 0.480 e. The van der Waals surface area contributed by atoms with E-state index in [1.54, 1.807) is 0 Å². The van der Waals surface area contributed by atoms with Gasteiger partial charge in [0.1, 0.15) is 12.1 Å². The summed E-state index contributed by atoms with van der Waals surface area (Å²) in [5.41, 5.74) is 0. The predicted octanol–water partition coefficient (Wildman–Crippen LogP) is 12.1. The highest BCUT2D eigenvalue weighted by Gasteiger charge is 2.19. The highest BCUT2D eigenvalue weighted by Crippen LogP contribution is 2.19. The number of nitrogens with one attached hydrogen (secondary N) is 2. The van der Waals surface area contributed by atoms with Crippen LogP contribution < -0.4 is 10.6 Å². The molecule has 0 radical (unpaired) electrons. The van der Waals surface area contributed by atoms with Gasteiger partial charge in [-0.2, -0.15) is 0 Å². The van der Waals surface area contributed by atoms with Crippen LogP contribution in [-0.2, 0) is 23.9 Å². The third-order valence-electron chi connectivity index (χ3n) is 10.3. The zero-order valence-electron chi connectivity index (χ0n) is 37.5. The Morgan fingerprint density at radius 1 is 0.525 bits per heavy atom. The molecule has 0 fully saturated rings. The number of carboxylic acids is 1. The number of aliphatic hydroxyl groups excluding tert-OH is 1. The van der Waals surface area contributed by atoms with Gasteiger partial charge >= 0.3 is 11.9 Å². The van der Waals surface area contributed by atoms with Crippen LogP contribution in [0.25, 0.3) is 0 Å². The van der Waals surface area contributed by atoms with Crippen molar-refractivity contribution in [3.05, 3.63) is 60.8 Å². The van der Waals surface area contributed by atoms with Crippen molar-refractivity contribution in [1.29, 1.82) is 0 Å². The van der Waals surface area contributed by atoms with Gasteiger partial charge in [-0.15, -0.1) is 0 Å². The van der Waals surface area contributed by atoms with Crippen LogP contribution in [0.1, 0.15) is 206 Å². The molecular formula is C50H86N2O7. The Hall–Kier alpha value is -3.46. The topological polar surface area (TPSA) is 142 Å². The van der Waals surface area contributed by atoms with Crippen LogP contribution in [-0.4, -0.2) is 59.3 Å². The summed E-state index contributed by atoms with van der Waals surface area (Å²) in [6.45, 7) is 3.36. The minimum absolute atomic E-state index is 0.0194. The molecule has 59 heavy (non-hydrogen) atoms. The minimum Gasteiger partial charge on any atom is -0.480 e. The smallest absolute Gasteiger partial charge is 0.328 e. The molecule has 2 amide bonds. The minimum atomic E-state index is -1.38. The molecule has 338 valence electrons. The molecule has 0 spiro atoms. The van der Waals surface area contributed by atoms with E-state index in [1.807, 2.05) is 0 Å². The van der Waals surface area contributed by atoms with Crippen molar-refractivity contribution >= 4 is 23.8 Å². The van der Waals surface area contributed by atoms with Crippen LogP contribution in [0.5, 0.6) is 0 Å². The molecular weight excluding hydrogens is 741 g/mol. The quantitative estimate of drug-likeness (QED) is 0.0273. The molecule has 0 aliphatic rings. The second-order valence-corrected chi connectivity index (χ2v) is 15.8. The molecule has 9 heteroatoms. The number of aliphatic carboxylic acids is 1. The molecule has 0 aromatic carbocycles. The van der Waals surface area contributed by atoms with E-state index in [-0.39, 0.29) is 24.5 Å². The number of aliphatic hydroxyl groups is 1. The van der Waals surface area contributed by atoms with Crippen molar-refractivity contribution in [1.82, 2.24) is 10.6 Å². The first-order valence-corrected chi connectivity index (χ1v) is 23.7. The van der Waals surface area contributed by atoms with Crippen LogP contribution >= 0.6 is 0 Å². The number of carboxylic acid groups (broad SMARTS) is 1. The molecule has 0 heterocycles. The number of allylic oxidation sites excluding steroid dienone is 10. The highest BCUT2D eigenvalue weighted by molar-refractivity contribution is 5.87. The average molecular weight is 827 g/mol. The Labute approximate surface area is 360 Å². The molecule has 0 saturated carbocycles. The van der Waals surface area contributed by atoms with Gasteiger partial charge < -0.3 is 25.6 Å². The average Bonchev–Trinajstić information content (AvgIpc) is 3.22. The molecule has 0 saturated heterocycles. The van der Waals surface area contributed by atoms with E-state index in [4.69, 9.17) is 14.9 Å². The molecule has 9 nitrogen and oxygen atoms in total. The van der Waals surface area contributed by atoms with Gasteiger partial charge in [-0.1, -0.05) is 171 Å². The number of amides is 2. The van der Waals surface area contributed by atoms with Crippen molar-refractivity contribution in [2.75, 3.05) is 13.2 Å². The van der Waals surface area contributed by atoms with Gasteiger partial charge in [0.2, 0.25) is 11.8 Å². The maximum Gasteiger partial charge on any atom is 0.328 e. The Morgan fingerprint density at radius 3 is 1.46 bits per heavy atom. The first kappa shape index (κ1) is 55.5. The number of hydrogen-bond acceptors (Lipinski definition) is 6. The number of rotatable bonds is 42. The lowest BCUT2D eigenvalue weighted by atomic mass is 10.0. The van der Waals surface area contributed by atoms with Crippen molar-refractivity contribution in [3.8, 4) is 0 Å². The van der Waals surface area contributed by atoms with Crippen LogP contribution in [0.2, 0.25) is 0 Å². The predicted molar refractivity (Wildman–Crippen MR) is 245 cm³/mol. The van der Waals surface area contributed by atoms with E-state index in [2.05, 4.69) is 85.2 Å². The van der Waals surface area contributed by atoms with Gasteiger partial charge in [0.05, 0.1) is 13.2 Å². The summed E-state index contributed by atoms with van der Waals surface area (Å²) < 4.78 is 6.02. The summed E-state index contributed by atoms with van der Waals surface area (Å²) in [5.74, 6) is -2.30. The lowest BCUT2D eigenvalue weighted by molar-refractivity contribution is -0.150. The number of esters is 1. The summed E-state index contributed by atoms with van der Waals surface area (Å²) in [4.78, 5) is 47.6.